The monoisotopic (exact) mass is 819 g/mol. The molecule has 3 heteroatoms. The first-order valence-electron chi connectivity index (χ1n) is 24.4. The molecule has 0 unspecified atom stereocenters. The number of hydrogen-bond acceptors (Lipinski definition) is 1. The van der Waals surface area contributed by atoms with Crippen LogP contribution in [0.5, 0.6) is 0 Å². The lowest BCUT2D eigenvalue weighted by Crippen LogP contribution is -2.13. The predicted molar refractivity (Wildman–Crippen MR) is 250 cm³/mol. The van der Waals surface area contributed by atoms with Crippen LogP contribution in [0.15, 0.2) is 82.6 Å². The van der Waals surface area contributed by atoms with E-state index < -0.39 is 0 Å². The molecule has 59 heavy (non-hydrogen) atoms. The summed E-state index contributed by atoms with van der Waals surface area (Å²) in [6.45, 7) is 8.77. The summed E-state index contributed by atoms with van der Waals surface area (Å²) in [6, 6.07) is 25.9. The molecule has 0 heterocycles. The molecule has 0 aliphatic heterocycles. The standard InChI is InChI=1S/C56H76F2S/c1-5-9-11-13-15-17-41-19-27-47(28-20-41)49-31-23-43(24-32-49)39-51-45(7-3)35-37-53(55(51)57)59-54-38-36-46(8-4)52(56(54)58)40-44-25-33-50(34-26-44)48-29-21-42(22-30-48)18-16-14-12-10-6-2/h23-26,31-38,41-42,47-48H,5-22,27-30,39-40H2,1-4H3/t41-,42-,47-,48-. The van der Waals surface area contributed by atoms with Gasteiger partial charge in [0.05, 0.1) is 0 Å². The average Bonchev–Trinajstić information content (AvgIpc) is 3.27. The predicted octanol–water partition coefficient (Wildman–Crippen LogP) is 17.7. The maximum atomic E-state index is 16.5. The summed E-state index contributed by atoms with van der Waals surface area (Å²) in [6.07, 6.45) is 29.8. The zero-order chi connectivity index (χ0) is 41.4. The van der Waals surface area contributed by atoms with Crippen LogP contribution in [-0.2, 0) is 25.7 Å². The Bertz CT molecular complexity index is 1690. The van der Waals surface area contributed by atoms with Crippen LogP contribution in [-0.4, -0.2) is 0 Å². The lowest BCUT2D eigenvalue weighted by molar-refractivity contribution is 0.302. The number of rotatable bonds is 22. The van der Waals surface area contributed by atoms with E-state index in [2.05, 4.69) is 88.4 Å². The molecule has 0 aromatic heterocycles. The van der Waals surface area contributed by atoms with E-state index in [1.807, 2.05) is 12.1 Å². The van der Waals surface area contributed by atoms with Gasteiger partial charge >= 0.3 is 0 Å². The molecule has 0 saturated heterocycles. The molecule has 2 aliphatic carbocycles. The smallest absolute Gasteiger partial charge is 0.140 e. The molecule has 0 nitrogen and oxygen atoms in total. The summed E-state index contributed by atoms with van der Waals surface area (Å²) in [5, 5.41) is 0. The van der Waals surface area contributed by atoms with Crippen molar-refractivity contribution in [2.24, 2.45) is 11.8 Å². The summed E-state index contributed by atoms with van der Waals surface area (Å²) in [5.74, 6) is 2.69. The first kappa shape index (κ1) is 45.6. The minimum absolute atomic E-state index is 0.205. The molecule has 4 aromatic rings. The molecule has 0 radical (unpaired) electrons. The van der Waals surface area contributed by atoms with Gasteiger partial charge in [0.1, 0.15) is 11.6 Å². The van der Waals surface area contributed by atoms with E-state index in [0.717, 1.165) is 58.1 Å². The summed E-state index contributed by atoms with van der Waals surface area (Å²) in [5.41, 5.74) is 8.69. The Hall–Kier alpha value is -2.91. The van der Waals surface area contributed by atoms with Gasteiger partial charge in [-0.25, -0.2) is 8.78 Å². The molecule has 320 valence electrons. The summed E-state index contributed by atoms with van der Waals surface area (Å²) in [7, 11) is 0. The van der Waals surface area contributed by atoms with Gasteiger partial charge < -0.3 is 0 Å². The Morgan fingerprint density at radius 1 is 0.441 bits per heavy atom. The molecule has 0 spiro atoms. The highest BCUT2D eigenvalue weighted by Crippen LogP contribution is 2.41. The Morgan fingerprint density at radius 2 is 0.814 bits per heavy atom. The normalized spacial score (nSPS) is 19.6. The second-order valence-corrected chi connectivity index (χ2v) is 19.6. The second-order valence-electron chi connectivity index (χ2n) is 18.5. The number of hydrogen-bond donors (Lipinski definition) is 0. The van der Waals surface area contributed by atoms with Gasteiger partial charge in [-0.05, 0) is 145 Å². The van der Waals surface area contributed by atoms with E-state index in [-0.39, 0.29) is 11.6 Å². The van der Waals surface area contributed by atoms with Gasteiger partial charge in [-0.2, -0.15) is 0 Å². The van der Waals surface area contributed by atoms with Gasteiger partial charge in [-0.15, -0.1) is 0 Å². The van der Waals surface area contributed by atoms with Gasteiger partial charge in [0, 0.05) is 22.6 Å². The van der Waals surface area contributed by atoms with Crippen LogP contribution in [0.4, 0.5) is 8.78 Å². The third-order valence-electron chi connectivity index (χ3n) is 14.4. The van der Waals surface area contributed by atoms with Crippen LogP contribution in [0.1, 0.15) is 212 Å². The van der Waals surface area contributed by atoms with E-state index in [1.54, 1.807) is 0 Å². The van der Waals surface area contributed by atoms with Gasteiger partial charge in [0.15, 0.2) is 0 Å². The highest BCUT2D eigenvalue weighted by molar-refractivity contribution is 7.99. The van der Waals surface area contributed by atoms with E-state index in [0.29, 0.717) is 34.5 Å². The summed E-state index contributed by atoms with van der Waals surface area (Å²) in [4.78, 5) is 1.00. The molecule has 4 aromatic carbocycles. The quantitative estimate of drug-likeness (QED) is 0.0712. The fraction of sp³-hybridized carbons (Fsp3) is 0.571. The fourth-order valence-corrected chi connectivity index (χ4v) is 11.4. The van der Waals surface area contributed by atoms with Crippen LogP contribution in [0, 0.1) is 23.5 Å². The lowest BCUT2D eigenvalue weighted by Gasteiger charge is -2.29. The van der Waals surface area contributed by atoms with E-state index >= 15 is 8.78 Å². The number of aryl methyl sites for hydroxylation is 2. The maximum Gasteiger partial charge on any atom is 0.140 e. The first-order valence-corrected chi connectivity index (χ1v) is 25.2. The van der Waals surface area contributed by atoms with Crippen LogP contribution < -0.4 is 0 Å². The maximum absolute atomic E-state index is 16.5. The van der Waals surface area contributed by atoms with Crippen LogP contribution in [0.2, 0.25) is 0 Å². The zero-order valence-electron chi connectivity index (χ0n) is 37.4. The Labute approximate surface area is 363 Å². The van der Waals surface area contributed by atoms with Crippen LogP contribution in [0.3, 0.4) is 0 Å². The van der Waals surface area contributed by atoms with Gasteiger partial charge in [-0.3, -0.25) is 0 Å². The Kier molecular flexibility index (Phi) is 18.5. The fourth-order valence-electron chi connectivity index (χ4n) is 10.5. The SMILES string of the molecule is CCCCCCC[C@H]1CC[C@H](c2ccc(Cc3c(CC)ccc(Sc4ccc(CC)c(Cc5ccc([C@H]6CC[C@H](CCCCCCC)CC6)cc5)c4F)c3F)cc2)CC1. The topological polar surface area (TPSA) is 0 Å². The van der Waals surface area contributed by atoms with E-state index in [1.165, 1.54) is 151 Å². The van der Waals surface area contributed by atoms with Crippen molar-refractivity contribution in [3.63, 3.8) is 0 Å². The third kappa shape index (κ3) is 13.0. The molecule has 2 aliphatic rings. The Balaban J connectivity index is 1.06. The van der Waals surface area contributed by atoms with Crippen molar-refractivity contribution in [3.8, 4) is 0 Å². The minimum atomic E-state index is -0.205. The third-order valence-corrected chi connectivity index (χ3v) is 15.5. The zero-order valence-corrected chi connectivity index (χ0v) is 38.2. The molecule has 2 saturated carbocycles. The second kappa shape index (κ2) is 23.9. The lowest BCUT2D eigenvalue weighted by atomic mass is 9.77. The average molecular weight is 819 g/mol. The molecular formula is C56H76F2S. The highest BCUT2D eigenvalue weighted by atomic mass is 32.2. The van der Waals surface area contributed by atoms with Crippen molar-refractivity contribution in [1.29, 1.82) is 0 Å². The van der Waals surface area contributed by atoms with Crippen molar-refractivity contribution >= 4 is 11.8 Å². The van der Waals surface area contributed by atoms with E-state index in [4.69, 9.17) is 0 Å². The largest absolute Gasteiger partial charge is 0.205 e. The molecule has 0 bridgehead atoms. The molecule has 0 N–H and O–H groups in total. The summed E-state index contributed by atoms with van der Waals surface area (Å²) >= 11 is 1.24. The van der Waals surface area contributed by atoms with Crippen molar-refractivity contribution in [1.82, 2.24) is 0 Å². The Morgan fingerprint density at radius 3 is 1.17 bits per heavy atom. The van der Waals surface area contributed by atoms with Crippen molar-refractivity contribution in [3.05, 3.63) is 129 Å². The number of halogens is 2. The van der Waals surface area contributed by atoms with Gasteiger partial charge in [0.2, 0.25) is 0 Å². The molecule has 2 fully saturated rings. The van der Waals surface area contributed by atoms with Crippen LogP contribution >= 0.6 is 11.8 Å². The van der Waals surface area contributed by atoms with Crippen molar-refractivity contribution in [2.75, 3.05) is 0 Å². The van der Waals surface area contributed by atoms with E-state index in [9.17, 15) is 0 Å². The molecular weight excluding hydrogens is 743 g/mol. The van der Waals surface area contributed by atoms with Gasteiger partial charge in [-0.1, -0.05) is 177 Å². The highest BCUT2D eigenvalue weighted by Gasteiger charge is 2.24. The molecule has 6 rings (SSSR count). The van der Waals surface area contributed by atoms with Gasteiger partial charge in [0.25, 0.3) is 0 Å². The summed E-state index contributed by atoms with van der Waals surface area (Å²) < 4.78 is 33.1. The first-order chi connectivity index (χ1) is 28.9. The van der Waals surface area contributed by atoms with Crippen LogP contribution in [0.25, 0.3) is 0 Å². The van der Waals surface area contributed by atoms with Crippen molar-refractivity contribution in [2.45, 2.75) is 203 Å². The minimum Gasteiger partial charge on any atom is -0.205 e. The van der Waals surface area contributed by atoms with Crippen molar-refractivity contribution < 1.29 is 8.78 Å². The molecule has 0 amide bonds. The number of unbranched alkanes of at least 4 members (excludes halogenated alkanes) is 8. The number of benzene rings is 4. The molecule has 0 atom stereocenters.